The fraction of sp³-hybridized carbons (Fsp3) is 0.467. The zero-order valence-electron chi connectivity index (χ0n) is 12.9. The van der Waals surface area contributed by atoms with E-state index in [1.165, 1.54) is 0 Å². The van der Waals surface area contributed by atoms with Crippen LogP contribution in [0.3, 0.4) is 0 Å². The molecule has 0 heterocycles. The molecule has 0 saturated carbocycles. The van der Waals surface area contributed by atoms with Gasteiger partial charge in [-0.05, 0) is 45.5 Å². The molecule has 116 valence electrons. The molecule has 0 bridgehead atoms. The highest BCUT2D eigenvalue weighted by Crippen LogP contribution is 2.11. The molecule has 0 spiro atoms. The van der Waals surface area contributed by atoms with Crippen LogP contribution in [0.5, 0.6) is 0 Å². The van der Waals surface area contributed by atoms with Crippen molar-refractivity contribution in [2.24, 2.45) is 0 Å². The molecule has 0 fully saturated rings. The van der Waals surface area contributed by atoms with Crippen LogP contribution in [-0.4, -0.2) is 36.0 Å². The number of benzene rings is 1. The van der Waals surface area contributed by atoms with Crippen molar-refractivity contribution >= 4 is 27.9 Å². The van der Waals surface area contributed by atoms with E-state index in [-0.39, 0.29) is 18.0 Å². The summed E-state index contributed by atoms with van der Waals surface area (Å²) in [5.41, 5.74) is 0.737. The van der Waals surface area contributed by atoms with E-state index in [0.717, 1.165) is 10.0 Å². The average molecular weight is 356 g/mol. The minimum Gasteiger partial charge on any atom is -0.333 e. The van der Waals surface area contributed by atoms with Crippen LogP contribution in [0.25, 0.3) is 0 Å². The second-order valence-electron chi connectivity index (χ2n) is 6.05. The zero-order chi connectivity index (χ0) is 16.0. The van der Waals surface area contributed by atoms with Crippen molar-refractivity contribution < 1.29 is 9.59 Å². The van der Waals surface area contributed by atoms with Gasteiger partial charge in [0.05, 0.1) is 6.54 Å². The number of likely N-dealkylation sites (N-methyl/N-ethyl adjacent to an activating group) is 1. The maximum atomic E-state index is 11.8. The third-order valence-corrected chi connectivity index (χ3v) is 3.05. The first-order valence-electron chi connectivity index (χ1n) is 6.71. The van der Waals surface area contributed by atoms with Gasteiger partial charge >= 0.3 is 6.03 Å². The Bertz CT molecular complexity index is 495. The first kappa shape index (κ1) is 17.7. The van der Waals surface area contributed by atoms with Gasteiger partial charge in [-0.2, -0.15) is 0 Å². The molecule has 0 unspecified atom stereocenters. The number of nitrogens with zero attached hydrogens (tertiary/aromatic N) is 1. The minimum atomic E-state index is -0.468. The average Bonchev–Trinajstić information content (AvgIpc) is 2.28. The fourth-order valence-electron chi connectivity index (χ4n) is 1.74. The summed E-state index contributed by atoms with van der Waals surface area (Å²) in [4.78, 5) is 25.2. The van der Waals surface area contributed by atoms with E-state index < -0.39 is 6.03 Å². The summed E-state index contributed by atoms with van der Waals surface area (Å²) in [6, 6.07) is 7.43. The van der Waals surface area contributed by atoms with E-state index >= 15 is 0 Å². The highest BCUT2D eigenvalue weighted by atomic mass is 79.9. The monoisotopic (exact) mass is 355 g/mol. The van der Waals surface area contributed by atoms with Crippen molar-refractivity contribution in [1.82, 2.24) is 15.5 Å². The Balaban J connectivity index is 2.40. The largest absolute Gasteiger partial charge is 0.333 e. The van der Waals surface area contributed by atoms with Crippen molar-refractivity contribution in [1.29, 1.82) is 0 Å². The molecule has 0 saturated heterocycles. The quantitative estimate of drug-likeness (QED) is 0.872. The third kappa shape index (κ3) is 7.82. The van der Waals surface area contributed by atoms with Gasteiger partial charge in [0.1, 0.15) is 0 Å². The van der Waals surface area contributed by atoms with Crippen LogP contribution in [0.2, 0.25) is 0 Å². The number of hydrogen-bond donors (Lipinski definition) is 2. The second kappa shape index (κ2) is 7.56. The zero-order valence-corrected chi connectivity index (χ0v) is 14.5. The highest BCUT2D eigenvalue weighted by molar-refractivity contribution is 9.10. The molecule has 3 amide bonds. The standard InChI is InChI=1S/C15H22BrN3O2/c1-15(2,3)18-14(21)17-13(20)10-19(4)9-11-5-7-12(16)8-6-11/h5-8H,9-10H2,1-4H3,(H2,17,18,20,21). The Morgan fingerprint density at radius 2 is 1.76 bits per heavy atom. The maximum absolute atomic E-state index is 11.8. The van der Waals surface area contributed by atoms with Crippen LogP contribution >= 0.6 is 15.9 Å². The normalized spacial score (nSPS) is 11.3. The van der Waals surface area contributed by atoms with Gasteiger partial charge in [0.15, 0.2) is 0 Å². The molecule has 6 heteroatoms. The van der Waals surface area contributed by atoms with Gasteiger partial charge in [0.2, 0.25) is 5.91 Å². The number of imide groups is 1. The lowest BCUT2D eigenvalue weighted by Crippen LogP contribution is -2.50. The van der Waals surface area contributed by atoms with Crippen LogP contribution in [0.15, 0.2) is 28.7 Å². The molecule has 0 aromatic heterocycles. The number of rotatable bonds is 4. The van der Waals surface area contributed by atoms with Crippen LogP contribution in [-0.2, 0) is 11.3 Å². The number of nitrogens with one attached hydrogen (secondary N) is 2. The molecule has 5 nitrogen and oxygen atoms in total. The summed E-state index contributed by atoms with van der Waals surface area (Å²) in [5, 5.41) is 5.01. The predicted molar refractivity (Wildman–Crippen MR) is 86.9 cm³/mol. The van der Waals surface area contributed by atoms with Crippen molar-refractivity contribution in [2.75, 3.05) is 13.6 Å². The van der Waals surface area contributed by atoms with Gasteiger partial charge in [-0.3, -0.25) is 15.0 Å². The van der Waals surface area contributed by atoms with Gasteiger partial charge in [0, 0.05) is 16.6 Å². The van der Waals surface area contributed by atoms with Crippen LogP contribution in [0.4, 0.5) is 4.79 Å². The molecule has 0 aliphatic rings. The van der Waals surface area contributed by atoms with E-state index in [4.69, 9.17) is 0 Å². The maximum Gasteiger partial charge on any atom is 0.321 e. The van der Waals surface area contributed by atoms with Gasteiger partial charge in [-0.15, -0.1) is 0 Å². The second-order valence-corrected chi connectivity index (χ2v) is 6.97. The molecule has 0 aliphatic carbocycles. The predicted octanol–water partition coefficient (Wildman–Crippen LogP) is 2.51. The lowest BCUT2D eigenvalue weighted by molar-refractivity contribution is -0.121. The summed E-state index contributed by atoms with van der Waals surface area (Å²) in [6.07, 6.45) is 0. The smallest absolute Gasteiger partial charge is 0.321 e. The van der Waals surface area contributed by atoms with Crippen molar-refractivity contribution in [2.45, 2.75) is 32.9 Å². The number of urea groups is 1. The van der Waals surface area contributed by atoms with Gasteiger partial charge < -0.3 is 5.32 Å². The van der Waals surface area contributed by atoms with Gasteiger partial charge in [-0.25, -0.2) is 4.79 Å². The third-order valence-electron chi connectivity index (χ3n) is 2.52. The number of carbonyl (C=O) groups is 2. The molecular weight excluding hydrogens is 334 g/mol. The molecule has 1 aromatic rings. The SMILES string of the molecule is CN(CC(=O)NC(=O)NC(C)(C)C)Cc1ccc(Br)cc1. The lowest BCUT2D eigenvalue weighted by Gasteiger charge is -2.21. The summed E-state index contributed by atoms with van der Waals surface area (Å²) < 4.78 is 1.02. The highest BCUT2D eigenvalue weighted by Gasteiger charge is 2.16. The van der Waals surface area contributed by atoms with Crippen LogP contribution in [0, 0.1) is 0 Å². The molecule has 0 atom stereocenters. The fourth-order valence-corrected chi connectivity index (χ4v) is 2.00. The van der Waals surface area contributed by atoms with E-state index in [9.17, 15) is 9.59 Å². The van der Waals surface area contributed by atoms with E-state index in [2.05, 4.69) is 26.6 Å². The molecule has 1 rings (SSSR count). The van der Waals surface area contributed by atoms with E-state index in [1.807, 2.05) is 57.0 Å². The molecule has 2 N–H and O–H groups in total. The van der Waals surface area contributed by atoms with Crippen molar-refractivity contribution in [3.63, 3.8) is 0 Å². The number of amides is 3. The molecule has 21 heavy (non-hydrogen) atoms. The van der Waals surface area contributed by atoms with Crippen molar-refractivity contribution in [3.8, 4) is 0 Å². The van der Waals surface area contributed by atoms with Crippen LogP contribution in [0.1, 0.15) is 26.3 Å². The Kier molecular flexibility index (Phi) is 6.36. The Labute approximate surface area is 134 Å². The summed E-state index contributed by atoms with van der Waals surface area (Å²) >= 11 is 3.38. The Morgan fingerprint density at radius 1 is 1.19 bits per heavy atom. The van der Waals surface area contributed by atoms with E-state index in [0.29, 0.717) is 6.54 Å². The molecule has 0 radical (unpaired) electrons. The van der Waals surface area contributed by atoms with Crippen LogP contribution < -0.4 is 10.6 Å². The summed E-state index contributed by atoms with van der Waals surface area (Å²) in [5.74, 6) is -0.323. The number of halogens is 1. The first-order chi connectivity index (χ1) is 9.65. The summed E-state index contributed by atoms with van der Waals surface area (Å²) in [7, 11) is 1.84. The minimum absolute atomic E-state index is 0.160. The van der Waals surface area contributed by atoms with Crippen molar-refractivity contribution in [3.05, 3.63) is 34.3 Å². The van der Waals surface area contributed by atoms with Gasteiger partial charge in [0.25, 0.3) is 0 Å². The Morgan fingerprint density at radius 3 is 2.29 bits per heavy atom. The summed E-state index contributed by atoms with van der Waals surface area (Å²) in [6.45, 7) is 6.37. The first-order valence-corrected chi connectivity index (χ1v) is 7.50. The molecular formula is C15H22BrN3O2. The number of carbonyl (C=O) groups excluding carboxylic acids is 2. The van der Waals surface area contributed by atoms with Gasteiger partial charge in [-0.1, -0.05) is 28.1 Å². The molecule has 1 aromatic carbocycles. The molecule has 0 aliphatic heterocycles. The van der Waals surface area contributed by atoms with E-state index in [1.54, 1.807) is 0 Å². The topological polar surface area (TPSA) is 61.4 Å². The lowest BCUT2D eigenvalue weighted by atomic mass is 10.1. The number of hydrogen-bond acceptors (Lipinski definition) is 3. The Hall–Kier alpha value is -1.40.